The van der Waals surface area contributed by atoms with Gasteiger partial charge in [0.1, 0.15) is 0 Å². The Morgan fingerprint density at radius 2 is 1.84 bits per heavy atom. The number of aromatic carboxylic acids is 1. The van der Waals surface area contributed by atoms with Gasteiger partial charge in [0, 0.05) is 25.2 Å². The number of hydrogen-bond donors (Lipinski definition) is 1. The Hall–Kier alpha value is -1.55. The summed E-state index contributed by atoms with van der Waals surface area (Å²) in [7, 11) is 2.13. The average molecular weight is 262 g/mol. The first kappa shape index (κ1) is 13.9. The number of carbonyl (C=O) groups is 1. The predicted molar refractivity (Wildman–Crippen MR) is 77.0 cm³/mol. The number of piperazine rings is 1. The quantitative estimate of drug-likeness (QED) is 0.887. The Morgan fingerprint density at radius 3 is 2.37 bits per heavy atom. The van der Waals surface area contributed by atoms with E-state index in [4.69, 9.17) is 0 Å². The molecule has 4 nitrogen and oxygen atoms in total. The fraction of sp³-hybridized carbons (Fsp3) is 0.533. The maximum Gasteiger partial charge on any atom is 0.337 e. The molecule has 1 aliphatic heterocycles. The van der Waals surface area contributed by atoms with E-state index in [0.717, 1.165) is 24.3 Å². The van der Waals surface area contributed by atoms with Crippen molar-refractivity contribution in [2.45, 2.75) is 32.9 Å². The number of carboxylic acids is 1. The molecule has 1 aliphatic rings. The van der Waals surface area contributed by atoms with Crippen LogP contribution in [0.15, 0.2) is 18.2 Å². The summed E-state index contributed by atoms with van der Waals surface area (Å²) in [6.07, 6.45) is 0. The lowest BCUT2D eigenvalue weighted by atomic mass is 10.0. The molecule has 1 aromatic rings. The molecule has 0 saturated carbocycles. The van der Waals surface area contributed by atoms with E-state index >= 15 is 0 Å². The molecule has 2 atom stereocenters. The van der Waals surface area contributed by atoms with Crippen LogP contribution in [0, 0.1) is 6.92 Å². The minimum Gasteiger partial charge on any atom is -0.478 e. The van der Waals surface area contributed by atoms with E-state index in [1.165, 1.54) is 0 Å². The molecule has 1 fully saturated rings. The summed E-state index contributed by atoms with van der Waals surface area (Å²) in [5.74, 6) is -0.849. The second-order valence-electron chi connectivity index (χ2n) is 5.54. The maximum atomic E-state index is 11.4. The van der Waals surface area contributed by atoms with Crippen molar-refractivity contribution in [2.75, 3.05) is 25.0 Å². The van der Waals surface area contributed by atoms with Gasteiger partial charge in [-0.05, 0) is 39.4 Å². The molecule has 0 radical (unpaired) electrons. The third-order valence-corrected chi connectivity index (χ3v) is 4.14. The Balaban J connectivity index is 2.39. The summed E-state index contributed by atoms with van der Waals surface area (Å²) in [6.45, 7) is 8.08. The molecule has 1 N–H and O–H groups in total. The molecule has 1 heterocycles. The Kier molecular flexibility index (Phi) is 3.80. The van der Waals surface area contributed by atoms with Crippen LogP contribution in [-0.2, 0) is 0 Å². The minimum atomic E-state index is -0.849. The standard InChI is InChI=1S/C15H22N2O2/c1-10-6-5-7-13(15(18)19)14(10)17-8-11(2)16(4)12(3)9-17/h5-7,11-12H,8-9H2,1-4H3,(H,18,19). The van der Waals surface area contributed by atoms with Crippen LogP contribution >= 0.6 is 0 Å². The largest absolute Gasteiger partial charge is 0.478 e. The summed E-state index contributed by atoms with van der Waals surface area (Å²) < 4.78 is 0. The van der Waals surface area contributed by atoms with E-state index in [1.807, 2.05) is 19.1 Å². The molecule has 1 aromatic carbocycles. The number of rotatable bonds is 2. The second-order valence-corrected chi connectivity index (χ2v) is 5.54. The van der Waals surface area contributed by atoms with Crippen molar-refractivity contribution in [3.8, 4) is 0 Å². The number of benzene rings is 1. The van der Waals surface area contributed by atoms with E-state index in [0.29, 0.717) is 17.6 Å². The number of likely N-dealkylation sites (N-methyl/N-ethyl adjacent to an activating group) is 1. The number of hydrogen-bond acceptors (Lipinski definition) is 3. The van der Waals surface area contributed by atoms with Crippen molar-refractivity contribution in [1.29, 1.82) is 0 Å². The highest BCUT2D eigenvalue weighted by Gasteiger charge is 2.29. The lowest BCUT2D eigenvalue weighted by Crippen LogP contribution is -2.55. The van der Waals surface area contributed by atoms with Gasteiger partial charge in [0.2, 0.25) is 0 Å². The van der Waals surface area contributed by atoms with Gasteiger partial charge in [-0.2, -0.15) is 0 Å². The number of nitrogens with zero attached hydrogens (tertiary/aromatic N) is 2. The van der Waals surface area contributed by atoms with Crippen LogP contribution in [0.1, 0.15) is 29.8 Å². The molecular formula is C15H22N2O2. The van der Waals surface area contributed by atoms with Crippen molar-refractivity contribution in [3.63, 3.8) is 0 Å². The lowest BCUT2D eigenvalue weighted by Gasteiger charge is -2.44. The van der Waals surface area contributed by atoms with E-state index in [1.54, 1.807) is 6.07 Å². The van der Waals surface area contributed by atoms with Gasteiger partial charge in [0.15, 0.2) is 0 Å². The molecule has 1 saturated heterocycles. The smallest absolute Gasteiger partial charge is 0.337 e. The highest BCUT2D eigenvalue weighted by molar-refractivity contribution is 5.95. The van der Waals surface area contributed by atoms with Crippen molar-refractivity contribution in [3.05, 3.63) is 29.3 Å². The summed E-state index contributed by atoms with van der Waals surface area (Å²) in [5.41, 5.74) is 2.31. The van der Waals surface area contributed by atoms with Gasteiger partial charge in [-0.1, -0.05) is 12.1 Å². The van der Waals surface area contributed by atoms with Gasteiger partial charge >= 0.3 is 5.97 Å². The summed E-state index contributed by atoms with van der Waals surface area (Å²) in [6, 6.07) is 6.33. The predicted octanol–water partition coefficient (Wildman–Crippen LogP) is 2.22. The van der Waals surface area contributed by atoms with Crippen LogP contribution in [0.2, 0.25) is 0 Å². The third-order valence-electron chi connectivity index (χ3n) is 4.14. The van der Waals surface area contributed by atoms with Crippen LogP contribution in [0.25, 0.3) is 0 Å². The number of carboxylic acid groups (broad SMARTS) is 1. The first-order chi connectivity index (χ1) is 8.91. The Bertz CT molecular complexity index is 475. The molecule has 0 bridgehead atoms. The van der Waals surface area contributed by atoms with Crippen LogP contribution in [-0.4, -0.2) is 48.2 Å². The molecule has 104 valence electrons. The minimum absolute atomic E-state index is 0.406. The zero-order valence-corrected chi connectivity index (χ0v) is 12.1. The second kappa shape index (κ2) is 5.21. The topological polar surface area (TPSA) is 43.8 Å². The molecule has 0 amide bonds. The molecule has 2 rings (SSSR count). The van der Waals surface area contributed by atoms with Gasteiger partial charge in [0.25, 0.3) is 0 Å². The van der Waals surface area contributed by atoms with E-state index < -0.39 is 5.97 Å². The van der Waals surface area contributed by atoms with E-state index in [-0.39, 0.29) is 0 Å². The van der Waals surface area contributed by atoms with Crippen molar-refractivity contribution in [2.24, 2.45) is 0 Å². The number of para-hydroxylation sites is 1. The van der Waals surface area contributed by atoms with Gasteiger partial charge in [-0.15, -0.1) is 0 Å². The molecule has 19 heavy (non-hydrogen) atoms. The van der Waals surface area contributed by atoms with Crippen LogP contribution in [0.5, 0.6) is 0 Å². The third kappa shape index (κ3) is 2.59. The zero-order chi connectivity index (χ0) is 14.2. The molecular weight excluding hydrogens is 240 g/mol. The SMILES string of the molecule is Cc1cccc(C(=O)O)c1N1CC(C)N(C)C(C)C1. The first-order valence-electron chi connectivity index (χ1n) is 6.71. The molecule has 4 heteroatoms. The van der Waals surface area contributed by atoms with Crippen LogP contribution in [0.4, 0.5) is 5.69 Å². The molecule has 0 spiro atoms. The molecule has 0 aliphatic carbocycles. The normalized spacial score (nSPS) is 24.5. The Morgan fingerprint density at radius 1 is 1.26 bits per heavy atom. The maximum absolute atomic E-state index is 11.4. The number of aryl methyl sites for hydroxylation is 1. The summed E-state index contributed by atoms with van der Waals surface area (Å²) in [4.78, 5) is 16.0. The highest BCUT2D eigenvalue weighted by atomic mass is 16.4. The Labute approximate surface area is 114 Å². The fourth-order valence-corrected chi connectivity index (χ4v) is 2.84. The van der Waals surface area contributed by atoms with Gasteiger partial charge in [-0.25, -0.2) is 4.79 Å². The van der Waals surface area contributed by atoms with Gasteiger partial charge < -0.3 is 10.0 Å². The zero-order valence-electron chi connectivity index (χ0n) is 12.1. The highest BCUT2D eigenvalue weighted by Crippen LogP contribution is 2.28. The van der Waals surface area contributed by atoms with Crippen LogP contribution in [0.3, 0.4) is 0 Å². The lowest BCUT2D eigenvalue weighted by molar-refractivity contribution is 0.0696. The molecule has 2 unspecified atom stereocenters. The van der Waals surface area contributed by atoms with Crippen LogP contribution < -0.4 is 4.90 Å². The monoisotopic (exact) mass is 262 g/mol. The van der Waals surface area contributed by atoms with E-state index in [2.05, 4.69) is 30.7 Å². The van der Waals surface area contributed by atoms with Crippen molar-refractivity contribution < 1.29 is 9.90 Å². The number of anilines is 1. The average Bonchev–Trinajstić information content (AvgIpc) is 2.35. The van der Waals surface area contributed by atoms with Crippen molar-refractivity contribution >= 4 is 11.7 Å². The van der Waals surface area contributed by atoms with Crippen molar-refractivity contribution in [1.82, 2.24) is 4.90 Å². The fourth-order valence-electron chi connectivity index (χ4n) is 2.84. The van der Waals surface area contributed by atoms with E-state index in [9.17, 15) is 9.90 Å². The first-order valence-corrected chi connectivity index (χ1v) is 6.71. The summed E-state index contributed by atoms with van der Waals surface area (Å²) >= 11 is 0. The van der Waals surface area contributed by atoms with Gasteiger partial charge in [-0.3, -0.25) is 4.90 Å². The van der Waals surface area contributed by atoms with Gasteiger partial charge in [0.05, 0.1) is 11.3 Å². The summed E-state index contributed by atoms with van der Waals surface area (Å²) in [5, 5.41) is 9.37. The molecule has 0 aromatic heterocycles.